The number of aryl methyl sites for hydroxylation is 1. The Balaban J connectivity index is 2.64. The first-order valence-electron chi connectivity index (χ1n) is 6.05. The molecule has 0 fully saturated rings. The van der Waals surface area contributed by atoms with Crippen molar-refractivity contribution >= 4 is 5.69 Å². The van der Waals surface area contributed by atoms with E-state index in [1.807, 2.05) is 6.07 Å². The maximum absolute atomic E-state index is 5.89. The van der Waals surface area contributed by atoms with Crippen LogP contribution in [0.3, 0.4) is 0 Å². The maximum atomic E-state index is 5.89. The molecule has 0 aromatic heterocycles. The van der Waals surface area contributed by atoms with E-state index >= 15 is 0 Å². The fraction of sp³-hybridized carbons (Fsp3) is 0.250. The Morgan fingerprint density at radius 3 is 2.35 bits per heavy atom. The number of nitrogen functional groups attached to an aromatic ring is 1. The van der Waals surface area contributed by atoms with Crippen LogP contribution in [0, 0.1) is 6.92 Å². The van der Waals surface area contributed by atoms with Gasteiger partial charge in [0.25, 0.3) is 0 Å². The van der Waals surface area contributed by atoms with Crippen molar-refractivity contribution in [2.24, 2.45) is 0 Å². The SMILES string of the molecule is Cc1ccc(N)cc1-c1ccccc1C(C)C. The van der Waals surface area contributed by atoms with Gasteiger partial charge in [-0.15, -0.1) is 0 Å². The fourth-order valence-electron chi connectivity index (χ4n) is 2.18. The minimum atomic E-state index is 0.520. The molecule has 0 radical (unpaired) electrons. The second kappa shape index (κ2) is 4.62. The Morgan fingerprint density at radius 1 is 0.941 bits per heavy atom. The standard InChI is InChI=1S/C16H19N/c1-11(2)14-6-4-5-7-15(14)16-10-13(17)9-8-12(16)3/h4-11H,17H2,1-3H3. The number of rotatable bonds is 2. The average molecular weight is 225 g/mol. The van der Waals surface area contributed by atoms with Crippen molar-refractivity contribution in [3.05, 3.63) is 53.6 Å². The van der Waals surface area contributed by atoms with Crippen LogP contribution in [0.15, 0.2) is 42.5 Å². The lowest BCUT2D eigenvalue weighted by molar-refractivity contribution is 0.869. The minimum absolute atomic E-state index is 0.520. The normalized spacial score (nSPS) is 10.8. The molecule has 0 unspecified atom stereocenters. The van der Waals surface area contributed by atoms with E-state index < -0.39 is 0 Å². The summed E-state index contributed by atoms with van der Waals surface area (Å²) in [6, 6.07) is 14.7. The molecule has 0 saturated carbocycles. The van der Waals surface area contributed by atoms with Crippen molar-refractivity contribution in [1.82, 2.24) is 0 Å². The molecular formula is C16H19N. The Hall–Kier alpha value is -1.76. The number of nitrogens with two attached hydrogens (primary N) is 1. The summed E-state index contributed by atoms with van der Waals surface area (Å²) in [5, 5.41) is 0. The topological polar surface area (TPSA) is 26.0 Å². The number of hydrogen-bond acceptors (Lipinski definition) is 1. The summed E-state index contributed by atoms with van der Waals surface area (Å²) in [4.78, 5) is 0. The number of anilines is 1. The fourth-order valence-corrected chi connectivity index (χ4v) is 2.18. The summed E-state index contributed by atoms with van der Waals surface area (Å²) in [7, 11) is 0. The molecule has 0 spiro atoms. The molecule has 0 amide bonds. The molecule has 0 aliphatic rings. The molecular weight excluding hydrogens is 206 g/mol. The van der Waals surface area contributed by atoms with E-state index in [1.54, 1.807) is 0 Å². The first-order chi connectivity index (χ1) is 8.09. The molecule has 17 heavy (non-hydrogen) atoms. The zero-order chi connectivity index (χ0) is 12.4. The van der Waals surface area contributed by atoms with Gasteiger partial charge in [-0.2, -0.15) is 0 Å². The molecule has 0 aliphatic heterocycles. The third-order valence-electron chi connectivity index (χ3n) is 3.13. The summed E-state index contributed by atoms with van der Waals surface area (Å²) < 4.78 is 0. The lowest BCUT2D eigenvalue weighted by Crippen LogP contribution is -1.95. The smallest absolute Gasteiger partial charge is 0.0320 e. The van der Waals surface area contributed by atoms with Gasteiger partial charge in [-0.1, -0.05) is 44.2 Å². The highest BCUT2D eigenvalue weighted by atomic mass is 14.5. The lowest BCUT2D eigenvalue weighted by atomic mass is 9.90. The van der Waals surface area contributed by atoms with Gasteiger partial charge in [0.2, 0.25) is 0 Å². The van der Waals surface area contributed by atoms with Gasteiger partial charge in [0, 0.05) is 5.69 Å². The molecule has 0 atom stereocenters. The van der Waals surface area contributed by atoms with Crippen molar-refractivity contribution in [3.63, 3.8) is 0 Å². The van der Waals surface area contributed by atoms with Crippen molar-refractivity contribution in [1.29, 1.82) is 0 Å². The molecule has 2 rings (SSSR count). The van der Waals surface area contributed by atoms with Crippen LogP contribution in [0.2, 0.25) is 0 Å². The van der Waals surface area contributed by atoms with Gasteiger partial charge in [-0.3, -0.25) is 0 Å². The van der Waals surface area contributed by atoms with E-state index in [9.17, 15) is 0 Å². The molecule has 0 bridgehead atoms. The van der Waals surface area contributed by atoms with E-state index in [2.05, 4.69) is 57.2 Å². The summed E-state index contributed by atoms with van der Waals surface area (Å²) in [6.07, 6.45) is 0. The highest BCUT2D eigenvalue weighted by Crippen LogP contribution is 2.32. The molecule has 2 N–H and O–H groups in total. The summed E-state index contributed by atoms with van der Waals surface area (Å²) in [5.41, 5.74) is 11.9. The molecule has 0 aliphatic carbocycles. The zero-order valence-electron chi connectivity index (χ0n) is 10.7. The van der Waals surface area contributed by atoms with Crippen LogP contribution in [-0.4, -0.2) is 0 Å². The molecule has 0 saturated heterocycles. The van der Waals surface area contributed by atoms with E-state index in [0.29, 0.717) is 5.92 Å². The van der Waals surface area contributed by atoms with Crippen molar-refractivity contribution in [2.45, 2.75) is 26.7 Å². The molecule has 1 heteroatoms. The number of benzene rings is 2. The van der Waals surface area contributed by atoms with Crippen molar-refractivity contribution < 1.29 is 0 Å². The monoisotopic (exact) mass is 225 g/mol. The van der Waals surface area contributed by atoms with Gasteiger partial charge in [-0.05, 0) is 47.2 Å². The van der Waals surface area contributed by atoms with Gasteiger partial charge in [0.1, 0.15) is 0 Å². The number of hydrogen-bond donors (Lipinski definition) is 1. The van der Waals surface area contributed by atoms with Crippen LogP contribution in [-0.2, 0) is 0 Å². The maximum Gasteiger partial charge on any atom is 0.0320 e. The zero-order valence-corrected chi connectivity index (χ0v) is 10.7. The highest BCUT2D eigenvalue weighted by molar-refractivity contribution is 5.74. The second-order valence-electron chi connectivity index (χ2n) is 4.82. The predicted octanol–water partition coefficient (Wildman–Crippen LogP) is 4.37. The molecule has 0 heterocycles. The van der Waals surface area contributed by atoms with E-state index in [1.165, 1.54) is 22.3 Å². The Morgan fingerprint density at radius 2 is 1.65 bits per heavy atom. The van der Waals surface area contributed by atoms with E-state index in [-0.39, 0.29) is 0 Å². The van der Waals surface area contributed by atoms with Gasteiger partial charge in [0.15, 0.2) is 0 Å². The molecule has 88 valence electrons. The van der Waals surface area contributed by atoms with Crippen LogP contribution in [0.25, 0.3) is 11.1 Å². The summed E-state index contributed by atoms with van der Waals surface area (Å²) >= 11 is 0. The first-order valence-corrected chi connectivity index (χ1v) is 6.05. The molecule has 2 aromatic rings. The quantitative estimate of drug-likeness (QED) is 0.755. The molecule has 1 nitrogen and oxygen atoms in total. The summed E-state index contributed by atoms with van der Waals surface area (Å²) in [6.45, 7) is 6.58. The third kappa shape index (κ3) is 2.33. The first kappa shape index (κ1) is 11.7. The van der Waals surface area contributed by atoms with E-state index in [4.69, 9.17) is 5.73 Å². The molecule has 2 aromatic carbocycles. The minimum Gasteiger partial charge on any atom is -0.399 e. The van der Waals surface area contributed by atoms with Crippen LogP contribution >= 0.6 is 0 Å². The Labute approximate surface area is 103 Å². The lowest BCUT2D eigenvalue weighted by Gasteiger charge is -2.15. The van der Waals surface area contributed by atoms with Crippen molar-refractivity contribution in [2.75, 3.05) is 5.73 Å². The van der Waals surface area contributed by atoms with Crippen LogP contribution in [0.5, 0.6) is 0 Å². The highest BCUT2D eigenvalue weighted by Gasteiger charge is 2.09. The second-order valence-corrected chi connectivity index (χ2v) is 4.82. The van der Waals surface area contributed by atoms with Gasteiger partial charge in [-0.25, -0.2) is 0 Å². The third-order valence-corrected chi connectivity index (χ3v) is 3.13. The van der Waals surface area contributed by atoms with E-state index in [0.717, 1.165) is 5.69 Å². The predicted molar refractivity (Wildman–Crippen MR) is 75.1 cm³/mol. The Bertz CT molecular complexity index is 527. The van der Waals surface area contributed by atoms with Crippen LogP contribution in [0.4, 0.5) is 5.69 Å². The Kier molecular flexibility index (Phi) is 3.19. The largest absolute Gasteiger partial charge is 0.399 e. The van der Waals surface area contributed by atoms with Gasteiger partial charge in [0.05, 0.1) is 0 Å². The van der Waals surface area contributed by atoms with Crippen molar-refractivity contribution in [3.8, 4) is 11.1 Å². The van der Waals surface area contributed by atoms with Crippen LogP contribution < -0.4 is 5.73 Å². The van der Waals surface area contributed by atoms with Gasteiger partial charge >= 0.3 is 0 Å². The summed E-state index contributed by atoms with van der Waals surface area (Å²) in [5.74, 6) is 0.520. The van der Waals surface area contributed by atoms with Crippen LogP contribution in [0.1, 0.15) is 30.9 Å². The average Bonchev–Trinajstić information content (AvgIpc) is 2.32. The van der Waals surface area contributed by atoms with Gasteiger partial charge < -0.3 is 5.73 Å².